The average Bonchev–Trinajstić information content (AvgIpc) is 3.23. The molecule has 40 heavy (non-hydrogen) atoms. The van der Waals surface area contributed by atoms with E-state index in [0.29, 0.717) is 0 Å². The van der Waals surface area contributed by atoms with Crippen molar-refractivity contribution in [2.24, 2.45) is 0 Å². The van der Waals surface area contributed by atoms with E-state index in [-0.39, 0.29) is 5.41 Å². The van der Waals surface area contributed by atoms with Crippen LogP contribution < -0.4 is 9.64 Å². The summed E-state index contributed by atoms with van der Waals surface area (Å²) >= 11 is 1.82. The maximum Gasteiger partial charge on any atom is 0.142 e. The molecule has 3 heteroatoms. The highest BCUT2D eigenvalue weighted by molar-refractivity contribution is 7.99. The summed E-state index contributed by atoms with van der Waals surface area (Å²) in [6, 6.07) is 45.6. The molecule has 0 aromatic heterocycles. The quantitative estimate of drug-likeness (QED) is 0.224. The zero-order valence-electron chi connectivity index (χ0n) is 22.4. The number of fused-ring (bicyclic) bond motifs is 7. The van der Waals surface area contributed by atoms with Crippen LogP contribution in [0.2, 0.25) is 0 Å². The Morgan fingerprint density at radius 1 is 0.625 bits per heavy atom. The fourth-order valence-corrected chi connectivity index (χ4v) is 7.45. The van der Waals surface area contributed by atoms with Crippen LogP contribution in [0.25, 0.3) is 21.9 Å². The predicted octanol–water partition coefficient (Wildman–Crippen LogP) is 10.9. The number of anilines is 3. The number of hydrogen-bond acceptors (Lipinski definition) is 3. The van der Waals surface area contributed by atoms with Gasteiger partial charge >= 0.3 is 0 Å². The van der Waals surface area contributed by atoms with Gasteiger partial charge in [0.2, 0.25) is 0 Å². The van der Waals surface area contributed by atoms with Crippen molar-refractivity contribution in [1.29, 1.82) is 0 Å². The zero-order valence-corrected chi connectivity index (χ0v) is 23.2. The lowest BCUT2D eigenvalue weighted by molar-refractivity contribution is 0.454. The van der Waals surface area contributed by atoms with Crippen LogP contribution in [0.3, 0.4) is 0 Å². The lowest BCUT2D eigenvalue weighted by atomic mass is 9.82. The lowest BCUT2D eigenvalue weighted by Crippen LogP contribution is -2.16. The van der Waals surface area contributed by atoms with Crippen molar-refractivity contribution < 1.29 is 4.74 Å². The van der Waals surface area contributed by atoms with Crippen LogP contribution in [0, 0.1) is 0 Å². The molecule has 0 fully saturated rings. The molecule has 0 atom stereocenters. The minimum atomic E-state index is -0.144. The van der Waals surface area contributed by atoms with E-state index >= 15 is 0 Å². The highest BCUT2D eigenvalue weighted by atomic mass is 32.2. The van der Waals surface area contributed by atoms with E-state index in [2.05, 4.69) is 134 Å². The predicted molar refractivity (Wildman–Crippen MR) is 167 cm³/mol. The molecule has 0 N–H and O–H groups in total. The van der Waals surface area contributed by atoms with Gasteiger partial charge in [0.25, 0.3) is 0 Å². The maximum atomic E-state index is 6.38. The third-order valence-electron chi connectivity index (χ3n) is 8.30. The molecule has 2 aliphatic rings. The third-order valence-corrected chi connectivity index (χ3v) is 9.47. The van der Waals surface area contributed by atoms with E-state index in [0.717, 1.165) is 27.8 Å². The van der Waals surface area contributed by atoms with Crippen LogP contribution in [-0.2, 0) is 5.41 Å². The molecule has 0 radical (unpaired) electrons. The van der Waals surface area contributed by atoms with E-state index in [9.17, 15) is 0 Å². The fourth-order valence-electron chi connectivity index (χ4n) is 6.34. The van der Waals surface area contributed by atoms with Crippen molar-refractivity contribution in [1.82, 2.24) is 0 Å². The van der Waals surface area contributed by atoms with Gasteiger partial charge in [-0.1, -0.05) is 104 Å². The van der Waals surface area contributed by atoms with Gasteiger partial charge in [0.05, 0.1) is 15.5 Å². The summed E-state index contributed by atoms with van der Waals surface area (Å²) in [5, 5.41) is 2.47. The number of rotatable bonds is 3. The summed E-state index contributed by atoms with van der Waals surface area (Å²) in [6.07, 6.45) is 0. The summed E-state index contributed by atoms with van der Waals surface area (Å²) < 4.78 is 6.38. The number of para-hydroxylation sites is 2. The van der Waals surface area contributed by atoms with Crippen molar-refractivity contribution in [3.05, 3.63) is 139 Å². The van der Waals surface area contributed by atoms with Gasteiger partial charge in [-0.2, -0.15) is 0 Å². The topological polar surface area (TPSA) is 12.5 Å². The maximum absolute atomic E-state index is 6.38. The Kier molecular flexibility index (Phi) is 5.14. The van der Waals surface area contributed by atoms with Gasteiger partial charge in [0, 0.05) is 27.7 Å². The fraction of sp³-hybridized carbons (Fsp3) is 0.0811. The first-order valence-corrected chi connectivity index (χ1v) is 14.5. The smallest absolute Gasteiger partial charge is 0.142 e. The molecular formula is C37H27NOS. The molecular weight excluding hydrogens is 506 g/mol. The Bertz CT molecular complexity index is 1940. The summed E-state index contributed by atoms with van der Waals surface area (Å²) in [4.78, 5) is 4.77. The van der Waals surface area contributed by atoms with Crippen LogP contribution in [0.5, 0.6) is 11.5 Å². The van der Waals surface area contributed by atoms with Crippen molar-refractivity contribution in [2.75, 3.05) is 4.90 Å². The summed E-state index contributed by atoms with van der Waals surface area (Å²) in [7, 11) is 0. The molecule has 6 aromatic rings. The molecule has 6 aromatic carbocycles. The number of hydrogen-bond donors (Lipinski definition) is 0. The Labute approximate surface area is 238 Å². The van der Waals surface area contributed by atoms with E-state index in [4.69, 9.17) is 4.74 Å². The van der Waals surface area contributed by atoms with E-state index < -0.39 is 0 Å². The third kappa shape index (κ3) is 3.44. The molecule has 0 unspecified atom stereocenters. The van der Waals surface area contributed by atoms with Gasteiger partial charge in [-0.15, -0.1) is 0 Å². The van der Waals surface area contributed by atoms with E-state index in [1.807, 2.05) is 23.9 Å². The SMILES string of the molecule is CC1(C)c2cc(N(c3ccccc3)c3cccc4ccccc34)ccc2-c2c1ccc1c2Sc2ccccc2O1. The van der Waals surface area contributed by atoms with Gasteiger partial charge < -0.3 is 9.64 Å². The Morgan fingerprint density at radius 2 is 1.40 bits per heavy atom. The molecule has 0 saturated heterocycles. The van der Waals surface area contributed by atoms with Crippen molar-refractivity contribution in [3.8, 4) is 22.6 Å². The zero-order chi connectivity index (χ0) is 26.8. The second-order valence-corrected chi connectivity index (χ2v) is 12.0. The van der Waals surface area contributed by atoms with Crippen molar-refractivity contribution in [3.63, 3.8) is 0 Å². The highest BCUT2D eigenvalue weighted by Gasteiger charge is 2.39. The largest absolute Gasteiger partial charge is 0.455 e. The first-order chi connectivity index (χ1) is 19.6. The molecule has 2 nitrogen and oxygen atoms in total. The molecule has 0 saturated carbocycles. The van der Waals surface area contributed by atoms with Crippen LogP contribution in [0.4, 0.5) is 17.1 Å². The number of nitrogens with zero attached hydrogens (tertiary/aromatic N) is 1. The standard InChI is InChI=1S/C37H27NOS/c1-37(2)29-21-22-33-36(40-34-18-9-8-17-32(34)39-33)35(29)28-20-19-26(23-30(28)37)38(25-13-4-3-5-14-25)31-16-10-12-24-11-6-7-15-27(24)31/h3-23H,1-2H3. The van der Waals surface area contributed by atoms with Gasteiger partial charge in [-0.25, -0.2) is 0 Å². The normalized spacial score (nSPS) is 14.1. The van der Waals surface area contributed by atoms with Crippen molar-refractivity contribution in [2.45, 2.75) is 29.1 Å². The second-order valence-electron chi connectivity index (χ2n) is 11.0. The molecule has 0 spiro atoms. The van der Waals surface area contributed by atoms with Crippen LogP contribution in [0.15, 0.2) is 137 Å². The first kappa shape index (κ1) is 23.4. The highest BCUT2D eigenvalue weighted by Crippen LogP contribution is 2.59. The van der Waals surface area contributed by atoms with Gasteiger partial charge in [0.15, 0.2) is 0 Å². The molecule has 8 rings (SSSR count). The Morgan fingerprint density at radius 3 is 2.30 bits per heavy atom. The minimum absolute atomic E-state index is 0.144. The van der Waals surface area contributed by atoms with Crippen LogP contribution in [0.1, 0.15) is 25.0 Å². The van der Waals surface area contributed by atoms with Gasteiger partial charge in [-0.05, 0) is 70.6 Å². The first-order valence-electron chi connectivity index (χ1n) is 13.7. The van der Waals surface area contributed by atoms with Gasteiger partial charge in [-0.3, -0.25) is 0 Å². The monoisotopic (exact) mass is 533 g/mol. The number of ether oxygens (including phenoxy) is 1. The Balaban J connectivity index is 1.32. The second kappa shape index (κ2) is 8.77. The number of benzene rings is 6. The molecule has 0 amide bonds. The van der Waals surface area contributed by atoms with Crippen molar-refractivity contribution >= 4 is 39.6 Å². The van der Waals surface area contributed by atoms with Crippen LogP contribution >= 0.6 is 11.8 Å². The summed E-state index contributed by atoms with van der Waals surface area (Å²) in [5.74, 6) is 1.87. The minimum Gasteiger partial charge on any atom is -0.455 e. The summed E-state index contributed by atoms with van der Waals surface area (Å²) in [6.45, 7) is 4.70. The molecule has 1 aliphatic carbocycles. The molecule has 192 valence electrons. The average molecular weight is 534 g/mol. The van der Waals surface area contributed by atoms with Gasteiger partial charge in [0.1, 0.15) is 11.5 Å². The molecule has 1 heterocycles. The lowest BCUT2D eigenvalue weighted by Gasteiger charge is -2.29. The van der Waals surface area contributed by atoms with E-state index in [1.54, 1.807) is 0 Å². The van der Waals surface area contributed by atoms with Crippen LogP contribution in [-0.4, -0.2) is 0 Å². The Hall–Kier alpha value is -4.47. The van der Waals surface area contributed by atoms with E-state index in [1.165, 1.54) is 43.6 Å². The molecule has 0 bridgehead atoms. The summed E-state index contributed by atoms with van der Waals surface area (Å²) in [5.41, 5.74) is 8.63. The molecule has 1 aliphatic heterocycles.